The number of carbonyl (C=O) groups is 2. The number of benzene rings is 2. The van der Waals surface area contributed by atoms with Crippen LogP contribution in [0.2, 0.25) is 5.02 Å². The Kier molecular flexibility index (Phi) is 5.84. The second kappa shape index (κ2) is 8.10. The predicted octanol–water partition coefficient (Wildman–Crippen LogP) is 4.49. The molecule has 1 atom stereocenters. The zero-order valence-electron chi connectivity index (χ0n) is 14.2. The number of amides is 2. The minimum Gasteiger partial charge on any atom is -0.492 e. The van der Waals surface area contributed by atoms with E-state index in [0.717, 1.165) is 4.47 Å². The molecule has 0 spiro atoms. The summed E-state index contributed by atoms with van der Waals surface area (Å²) in [6, 6.07) is 12.6. The third-order valence-corrected chi connectivity index (χ3v) is 4.95. The SMILES string of the molecule is CCOc1ccccc1N1C[C@H](C(=O)Nc2ccc(Br)cc2Cl)CC1=O. The van der Waals surface area contributed by atoms with Gasteiger partial charge in [-0.2, -0.15) is 0 Å². The van der Waals surface area contributed by atoms with Crippen molar-refractivity contribution in [1.82, 2.24) is 0 Å². The summed E-state index contributed by atoms with van der Waals surface area (Å²) in [5.74, 6) is -0.129. The number of nitrogens with one attached hydrogen (secondary N) is 1. The average molecular weight is 438 g/mol. The molecule has 2 aromatic rings. The van der Waals surface area contributed by atoms with Crippen LogP contribution >= 0.6 is 27.5 Å². The van der Waals surface area contributed by atoms with Gasteiger partial charge in [0.2, 0.25) is 11.8 Å². The molecule has 0 bridgehead atoms. The fourth-order valence-electron chi connectivity index (χ4n) is 2.90. The highest BCUT2D eigenvalue weighted by molar-refractivity contribution is 9.10. The van der Waals surface area contributed by atoms with Crippen molar-refractivity contribution in [3.63, 3.8) is 0 Å². The molecule has 1 heterocycles. The summed E-state index contributed by atoms with van der Waals surface area (Å²) in [4.78, 5) is 26.7. The van der Waals surface area contributed by atoms with Crippen molar-refractivity contribution >= 4 is 50.7 Å². The van der Waals surface area contributed by atoms with E-state index >= 15 is 0 Å². The Balaban J connectivity index is 1.74. The van der Waals surface area contributed by atoms with E-state index in [0.29, 0.717) is 35.3 Å². The molecule has 26 heavy (non-hydrogen) atoms. The molecule has 5 nitrogen and oxygen atoms in total. The quantitative estimate of drug-likeness (QED) is 0.749. The first-order valence-electron chi connectivity index (χ1n) is 8.27. The zero-order chi connectivity index (χ0) is 18.7. The Morgan fingerprint density at radius 2 is 2.12 bits per heavy atom. The van der Waals surface area contributed by atoms with Crippen molar-refractivity contribution in [3.8, 4) is 5.75 Å². The number of halogens is 2. The van der Waals surface area contributed by atoms with E-state index in [4.69, 9.17) is 16.3 Å². The molecular formula is C19H18BrClN2O3. The molecule has 3 rings (SSSR count). The second-order valence-electron chi connectivity index (χ2n) is 5.92. The normalized spacial score (nSPS) is 16.7. The van der Waals surface area contributed by atoms with Crippen LogP contribution in [0.4, 0.5) is 11.4 Å². The van der Waals surface area contributed by atoms with Crippen LogP contribution in [0.15, 0.2) is 46.9 Å². The van der Waals surface area contributed by atoms with Gasteiger partial charge in [-0.15, -0.1) is 0 Å². The van der Waals surface area contributed by atoms with Gasteiger partial charge in [-0.25, -0.2) is 0 Å². The van der Waals surface area contributed by atoms with Crippen LogP contribution in [0.5, 0.6) is 5.75 Å². The van der Waals surface area contributed by atoms with Crippen LogP contribution in [0.25, 0.3) is 0 Å². The highest BCUT2D eigenvalue weighted by atomic mass is 79.9. The highest BCUT2D eigenvalue weighted by Gasteiger charge is 2.36. The van der Waals surface area contributed by atoms with E-state index in [1.807, 2.05) is 31.2 Å². The lowest BCUT2D eigenvalue weighted by Gasteiger charge is -2.20. The standard InChI is InChI=1S/C19H18BrClN2O3/c1-2-26-17-6-4-3-5-16(17)23-11-12(9-18(23)24)19(25)22-15-8-7-13(20)10-14(15)21/h3-8,10,12H,2,9,11H2,1H3,(H,22,25)/t12-/m1/s1. The highest BCUT2D eigenvalue weighted by Crippen LogP contribution is 2.34. The van der Waals surface area contributed by atoms with Gasteiger partial charge >= 0.3 is 0 Å². The Bertz CT molecular complexity index is 843. The molecule has 1 fully saturated rings. The van der Waals surface area contributed by atoms with Crippen LogP contribution in [-0.4, -0.2) is 25.0 Å². The first kappa shape index (κ1) is 18.7. The van der Waals surface area contributed by atoms with E-state index in [2.05, 4.69) is 21.2 Å². The van der Waals surface area contributed by atoms with Gasteiger partial charge in [-0.1, -0.05) is 39.7 Å². The minimum absolute atomic E-state index is 0.0980. The largest absolute Gasteiger partial charge is 0.492 e. The number of hydrogen-bond acceptors (Lipinski definition) is 3. The minimum atomic E-state index is -0.447. The molecular weight excluding hydrogens is 420 g/mol. The number of hydrogen-bond donors (Lipinski definition) is 1. The summed E-state index contributed by atoms with van der Waals surface area (Å²) in [6.07, 6.45) is 0.153. The third kappa shape index (κ3) is 4.02. The van der Waals surface area contributed by atoms with Crippen molar-refractivity contribution in [1.29, 1.82) is 0 Å². The molecule has 0 radical (unpaired) electrons. The molecule has 0 aromatic heterocycles. The number of rotatable bonds is 5. The molecule has 2 aromatic carbocycles. The maximum absolute atomic E-state index is 12.6. The summed E-state index contributed by atoms with van der Waals surface area (Å²) in [5.41, 5.74) is 1.22. The molecule has 2 amide bonds. The molecule has 1 aliphatic rings. The number of carbonyl (C=O) groups excluding carboxylic acids is 2. The molecule has 1 aliphatic heterocycles. The lowest BCUT2D eigenvalue weighted by atomic mass is 10.1. The van der Waals surface area contributed by atoms with Crippen molar-refractivity contribution in [3.05, 3.63) is 52.0 Å². The van der Waals surface area contributed by atoms with E-state index in [1.54, 1.807) is 23.1 Å². The number of nitrogens with zero attached hydrogens (tertiary/aromatic N) is 1. The number of anilines is 2. The second-order valence-corrected chi connectivity index (χ2v) is 7.24. The first-order valence-corrected chi connectivity index (χ1v) is 9.44. The average Bonchev–Trinajstić information content (AvgIpc) is 3.00. The van der Waals surface area contributed by atoms with E-state index < -0.39 is 5.92 Å². The summed E-state index contributed by atoms with van der Waals surface area (Å²) in [5, 5.41) is 3.25. The maximum atomic E-state index is 12.6. The van der Waals surface area contributed by atoms with Gasteiger partial charge in [0.15, 0.2) is 0 Å². The van der Waals surface area contributed by atoms with E-state index in [1.165, 1.54) is 0 Å². The van der Waals surface area contributed by atoms with Gasteiger partial charge in [0.1, 0.15) is 5.75 Å². The summed E-state index contributed by atoms with van der Waals surface area (Å²) in [6.45, 7) is 2.70. The van der Waals surface area contributed by atoms with Gasteiger partial charge in [-0.05, 0) is 37.3 Å². The van der Waals surface area contributed by atoms with Crippen molar-refractivity contribution in [2.45, 2.75) is 13.3 Å². The lowest BCUT2D eigenvalue weighted by Crippen LogP contribution is -2.28. The van der Waals surface area contributed by atoms with Crippen molar-refractivity contribution in [2.24, 2.45) is 5.92 Å². The van der Waals surface area contributed by atoms with Crippen LogP contribution in [0.3, 0.4) is 0 Å². The van der Waals surface area contributed by atoms with Gasteiger partial charge in [0, 0.05) is 17.4 Å². The number of para-hydroxylation sites is 2. The molecule has 1 saturated heterocycles. The maximum Gasteiger partial charge on any atom is 0.229 e. The summed E-state index contributed by atoms with van der Waals surface area (Å²) >= 11 is 9.48. The molecule has 0 aliphatic carbocycles. The fourth-order valence-corrected chi connectivity index (χ4v) is 3.62. The Morgan fingerprint density at radius 1 is 1.35 bits per heavy atom. The summed E-state index contributed by atoms with van der Waals surface area (Å²) < 4.78 is 6.43. The third-order valence-electron chi connectivity index (χ3n) is 4.14. The zero-order valence-corrected chi connectivity index (χ0v) is 16.5. The topological polar surface area (TPSA) is 58.6 Å². The monoisotopic (exact) mass is 436 g/mol. The van der Waals surface area contributed by atoms with Crippen LogP contribution in [0.1, 0.15) is 13.3 Å². The van der Waals surface area contributed by atoms with Crippen molar-refractivity contribution in [2.75, 3.05) is 23.4 Å². The summed E-state index contributed by atoms with van der Waals surface area (Å²) in [7, 11) is 0. The van der Waals surface area contributed by atoms with Crippen LogP contribution in [-0.2, 0) is 9.59 Å². The molecule has 0 saturated carbocycles. The number of ether oxygens (including phenoxy) is 1. The van der Waals surface area contributed by atoms with Crippen molar-refractivity contribution < 1.29 is 14.3 Å². The molecule has 0 unspecified atom stereocenters. The van der Waals surface area contributed by atoms with Gasteiger partial charge < -0.3 is 15.0 Å². The van der Waals surface area contributed by atoms with Gasteiger partial charge in [0.05, 0.1) is 28.9 Å². The first-order chi connectivity index (χ1) is 12.5. The fraction of sp³-hybridized carbons (Fsp3) is 0.263. The predicted molar refractivity (Wildman–Crippen MR) is 106 cm³/mol. The molecule has 1 N–H and O–H groups in total. The van der Waals surface area contributed by atoms with E-state index in [9.17, 15) is 9.59 Å². The Morgan fingerprint density at radius 3 is 2.85 bits per heavy atom. The molecule has 7 heteroatoms. The van der Waals surface area contributed by atoms with Crippen LogP contribution in [0, 0.1) is 5.92 Å². The molecule has 136 valence electrons. The van der Waals surface area contributed by atoms with Gasteiger partial charge in [0.25, 0.3) is 0 Å². The van der Waals surface area contributed by atoms with E-state index in [-0.39, 0.29) is 18.2 Å². The smallest absolute Gasteiger partial charge is 0.229 e. The van der Waals surface area contributed by atoms with Crippen LogP contribution < -0.4 is 15.0 Å². The Labute approximate surface area is 165 Å². The Hall–Kier alpha value is -2.05. The van der Waals surface area contributed by atoms with Gasteiger partial charge in [-0.3, -0.25) is 9.59 Å². The lowest BCUT2D eigenvalue weighted by molar-refractivity contribution is -0.122.